The van der Waals surface area contributed by atoms with Crippen LogP contribution in [0.1, 0.15) is 46.0 Å². The molecule has 7 N–H and O–H groups in total. The number of likely N-dealkylation sites (tertiary alicyclic amines) is 1. The minimum atomic E-state index is -1.48. The molecular weight excluding hydrogens is 412 g/mol. The van der Waals surface area contributed by atoms with Crippen molar-refractivity contribution in [3.63, 3.8) is 0 Å². The number of aliphatic hydroxyl groups is 1. The highest BCUT2D eigenvalue weighted by Gasteiger charge is 2.40. The van der Waals surface area contributed by atoms with E-state index in [1.165, 1.54) is 4.90 Å². The summed E-state index contributed by atoms with van der Waals surface area (Å²) >= 11 is 0. The summed E-state index contributed by atoms with van der Waals surface area (Å²) in [5, 5.41) is 31.7. The van der Waals surface area contributed by atoms with Gasteiger partial charge in [-0.2, -0.15) is 0 Å². The largest absolute Gasteiger partial charge is 0.481 e. The zero-order chi connectivity index (χ0) is 23.7. The smallest absolute Gasteiger partial charge is 0.328 e. The molecule has 12 heteroatoms. The van der Waals surface area contributed by atoms with Crippen LogP contribution in [0.3, 0.4) is 0 Å². The van der Waals surface area contributed by atoms with E-state index in [1.807, 2.05) is 6.92 Å². The first kappa shape index (κ1) is 26.3. The lowest BCUT2D eigenvalue weighted by atomic mass is 9.96. The number of carboxylic acids is 2. The molecule has 0 bridgehead atoms. The molecule has 1 fully saturated rings. The molecule has 0 aliphatic carbocycles. The van der Waals surface area contributed by atoms with Gasteiger partial charge in [-0.3, -0.25) is 19.2 Å². The van der Waals surface area contributed by atoms with E-state index in [-0.39, 0.29) is 25.3 Å². The van der Waals surface area contributed by atoms with Crippen LogP contribution in [0.25, 0.3) is 0 Å². The van der Waals surface area contributed by atoms with Crippen LogP contribution in [0.2, 0.25) is 0 Å². The first-order valence-electron chi connectivity index (χ1n) is 10.3. The molecule has 1 aliphatic rings. The van der Waals surface area contributed by atoms with Crippen LogP contribution in [0.5, 0.6) is 0 Å². The number of aliphatic hydroxyl groups excluding tert-OH is 1. The summed E-state index contributed by atoms with van der Waals surface area (Å²) < 4.78 is 0. The lowest BCUT2D eigenvalue weighted by Gasteiger charge is -2.32. The minimum Gasteiger partial charge on any atom is -0.481 e. The number of carbonyl (C=O) groups is 5. The number of nitrogens with zero attached hydrogens (tertiary/aromatic N) is 1. The second-order valence-corrected chi connectivity index (χ2v) is 7.68. The summed E-state index contributed by atoms with van der Waals surface area (Å²) in [7, 11) is 0. The standard InChI is InChI=1S/C19H32N4O8/c1-3-10(2)15(22-16(27)11(20)6-7-14(25)26)18(29)23-8-4-5-13(23)17(28)21-12(9-24)19(30)31/h10-13,15,24H,3-9,20H2,1-2H3,(H,21,28)(H,22,27)(H,25,26)(H,30,31). The molecule has 0 spiro atoms. The van der Waals surface area contributed by atoms with Crippen molar-refractivity contribution in [3.05, 3.63) is 0 Å². The van der Waals surface area contributed by atoms with Crippen LogP contribution < -0.4 is 16.4 Å². The van der Waals surface area contributed by atoms with Gasteiger partial charge in [-0.25, -0.2) is 4.79 Å². The predicted octanol–water partition coefficient (Wildman–Crippen LogP) is -1.74. The van der Waals surface area contributed by atoms with Gasteiger partial charge in [-0.1, -0.05) is 20.3 Å². The van der Waals surface area contributed by atoms with Crippen molar-refractivity contribution in [2.75, 3.05) is 13.2 Å². The predicted molar refractivity (Wildman–Crippen MR) is 108 cm³/mol. The van der Waals surface area contributed by atoms with Gasteiger partial charge >= 0.3 is 11.9 Å². The maximum atomic E-state index is 13.2. The third-order valence-corrected chi connectivity index (χ3v) is 5.42. The SMILES string of the molecule is CCC(C)C(NC(=O)C(N)CCC(=O)O)C(=O)N1CCCC1C(=O)NC(CO)C(=O)O. The number of carboxylic acid groups (broad SMARTS) is 2. The molecule has 5 atom stereocenters. The van der Waals surface area contributed by atoms with Crippen LogP contribution in [0.15, 0.2) is 0 Å². The lowest BCUT2D eigenvalue weighted by Crippen LogP contribution is -2.58. The maximum absolute atomic E-state index is 13.2. The monoisotopic (exact) mass is 444 g/mol. The highest BCUT2D eigenvalue weighted by atomic mass is 16.4. The fourth-order valence-electron chi connectivity index (χ4n) is 3.29. The summed E-state index contributed by atoms with van der Waals surface area (Å²) in [5.74, 6) is -4.64. The number of hydrogen-bond donors (Lipinski definition) is 6. The molecule has 0 aromatic carbocycles. The van der Waals surface area contributed by atoms with E-state index in [4.69, 9.17) is 21.1 Å². The number of aliphatic carboxylic acids is 2. The van der Waals surface area contributed by atoms with Gasteiger partial charge in [0.15, 0.2) is 0 Å². The number of amides is 3. The second-order valence-electron chi connectivity index (χ2n) is 7.68. The van der Waals surface area contributed by atoms with Crippen molar-refractivity contribution < 1.29 is 39.3 Å². The summed E-state index contributed by atoms with van der Waals surface area (Å²) in [4.78, 5) is 61.2. The van der Waals surface area contributed by atoms with Crippen molar-refractivity contribution >= 4 is 29.7 Å². The average Bonchev–Trinajstić information content (AvgIpc) is 3.22. The molecule has 1 heterocycles. The van der Waals surface area contributed by atoms with Crippen molar-refractivity contribution in [3.8, 4) is 0 Å². The van der Waals surface area contributed by atoms with E-state index >= 15 is 0 Å². The van der Waals surface area contributed by atoms with Crippen molar-refractivity contribution in [2.45, 2.75) is 70.1 Å². The van der Waals surface area contributed by atoms with Crippen LogP contribution in [0, 0.1) is 5.92 Å². The molecule has 1 aliphatic heterocycles. The molecule has 0 aromatic heterocycles. The van der Waals surface area contributed by atoms with Crippen LogP contribution in [-0.4, -0.2) is 87.2 Å². The summed E-state index contributed by atoms with van der Waals surface area (Å²) in [6.45, 7) is 3.04. The summed E-state index contributed by atoms with van der Waals surface area (Å²) in [6, 6.07) is -4.49. The van der Waals surface area contributed by atoms with Crippen LogP contribution in [-0.2, 0) is 24.0 Å². The van der Waals surface area contributed by atoms with E-state index in [0.717, 1.165) is 0 Å². The molecule has 5 unspecified atom stereocenters. The Labute approximate surface area is 180 Å². The zero-order valence-electron chi connectivity index (χ0n) is 17.7. The molecular formula is C19H32N4O8. The Hall–Kier alpha value is -2.73. The van der Waals surface area contributed by atoms with Gasteiger partial charge in [-0.15, -0.1) is 0 Å². The number of nitrogens with two attached hydrogens (primary N) is 1. The van der Waals surface area contributed by atoms with Gasteiger partial charge in [-0.05, 0) is 25.2 Å². The Morgan fingerprint density at radius 3 is 2.32 bits per heavy atom. The third kappa shape index (κ3) is 7.47. The molecule has 0 radical (unpaired) electrons. The molecule has 176 valence electrons. The molecule has 12 nitrogen and oxygen atoms in total. The molecule has 1 saturated heterocycles. The summed E-state index contributed by atoms with van der Waals surface area (Å²) in [5.41, 5.74) is 5.74. The van der Waals surface area contributed by atoms with Gasteiger partial charge in [0.2, 0.25) is 17.7 Å². The normalized spacial score (nSPS) is 19.7. The first-order valence-corrected chi connectivity index (χ1v) is 10.3. The Morgan fingerprint density at radius 2 is 1.81 bits per heavy atom. The van der Waals surface area contributed by atoms with Gasteiger partial charge in [0, 0.05) is 13.0 Å². The van der Waals surface area contributed by atoms with Crippen LogP contribution >= 0.6 is 0 Å². The second kappa shape index (κ2) is 12.2. The van der Waals surface area contributed by atoms with Gasteiger partial charge in [0.1, 0.15) is 18.1 Å². The summed E-state index contributed by atoms with van der Waals surface area (Å²) in [6.07, 6.45) is 0.988. The van der Waals surface area contributed by atoms with Crippen molar-refractivity contribution in [1.29, 1.82) is 0 Å². The van der Waals surface area contributed by atoms with E-state index in [9.17, 15) is 24.0 Å². The Bertz CT molecular complexity index is 686. The molecule has 0 aromatic rings. The van der Waals surface area contributed by atoms with E-state index in [0.29, 0.717) is 19.3 Å². The fourth-order valence-corrected chi connectivity index (χ4v) is 3.29. The molecule has 1 rings (SSSR count). The Balaban J connectivity index is 2.93. The average molecular weight is 444 g/mol. The fraction of sp³-hybridized carbons (Fsp3) is 0.737. The van der Waals surface area contributed by atoms with E-state index in [2.05, 4.69) is 10.6 Å². The minimum absolute atomic E-state index is 0.0882. The quantitative estimate of drug-likeness (QED) is 0.202. The zero-order valence-corrected chi connectivity index (χ0v) is 17.7. The Kier molecular flexibility index (Phi) is 10.4. The molecule has 3 amide bonds. The first-order chi connectivity index (χ1) is 14.5. The number of hydrogen-bond acceptors (Lipinski definition) is 7. The molecule has 31 heavy (non-hydrogen) atoms. The van der Waals surface area contributed by atoms with Crippen molar-refractivity contribution in [1.82, 2.24) is 15.5 Å². The highest BCUT2D eigenvalue weighted by molar-refractivity contribution is 5.94. The Morgan fingerprint density at radius 1 is 1.16 bits per heavy atom. The number of rotatable bonds is 12. The van der Waals surface area contributed by atoms with Gasteiger partial charge in [0.05, 0.1) is 12.6 Å². The van der Waals surface area contributed by atoms with Gasteiger partial charge in [0.25, 0.3) is 0 Å². The number of carbonyl (C=O) groups excluding carboxylic acids is 3. The third-order valence-electron chi connectivity index (χ3n) is 5.42. The van der Waals surface area contributed by atoms with E-state index < -0.39 is 60.4 Å². The maximum Gasteiger partial charge on any atom is 0.328 e. The lowest BCUT2D eigenvalue weighted by molar-refractivity contribution is -0.146. The van der Waals surface area contributed by atoms with Crippen molar-refractivity contribution in [2.24, 2.45) is 11.7 Å². The van der Waals surface area contributed by atoms with Crippen LogP contribution in [0.4, 0.5) is 0 Å². The van der Waals surface area contributed by atoms with E-state index in [1.54, 1.807) is 6.92 Å². The molecule has 0 saturated carbocycles. The highest BCUT2D eigenvalue weighted by Crippen LogP contribution is 2.21. The van der Waals surface area contributed by atoms with Gasteiger partial charge < -0.3 is 36.6 Å². The topological polar surface area (TPSA) is 199 Å². The number of nitrogens with one attached hydrogen (secondary N) is 2.